The number of carbonyl (C=O) groups is 2. The maximum Gasteiger partial charge on any atom is 0.242 e. The van der Waals surface area contributed by atoms with E-state index in [-0.39, 0.29) is 0 Å². The molecule has 0 radical (unpaired) electrons. The Morgan fingerprint density at radius 1 is 0.486 bits per heavy atom. The second-order valence-electron chi connectivity index (χ2n) is 10.6. The molecule has 2 amide bonds. The predicted octanol–water partition coefficient (Wildman–Crippen LogP) is 6.67. The molecule has 5 heteroatoms. The molecular formula is C32H30NO3P. The molecule has 186 valence electrons. The van der Waals surface area contributed by atoms with Gasteiger partial charge in [0.15, 0.2) is 0 Å². The number of carbonyl (C=O) groups excluding carboxylic acids is 2. The van der Waals surface area contributed by atoms with Gasteiger partial charge in [-0.25, -0.2) is 4.67 Å². The fourth-order valence-corrected chi connectivity index (χ4v) is 7.64. The quantitative estimate of drug-likeness (QED) is 0.224. The molecular weight excluding hydrogens is 477 g/mol. The molecule has 37 heavy (non-hydrogen) atoms. The van der Waals surface area contributed by atoms with Crippen molar-refractivity contribution in [2.75, 3.05) is 0 Å². The van der Waals surface area contributed by atoms with E-state index in [1.165, 1.54) is 0 Å². The van der Waals surface area contributed by atoms with Crippen LogP contribution in [-0.2, 0) is 14.2 Å². The van der Waals surface area contributed by atoms with Gasteiger partial charge in [-0.3, -0.25) is 14.2 Å². The van der Waals surface area contributed by atoms with Crippen molar-refractivity contribution < 1.29 is 14.2 Å². The Bertz CT molecular complexity index is 1390. The van der Waals surface area contributed by atoms with E-state index in [1.54, 1.807) is 52.0 Å². The van der Waals surface area contributed by atoms with Crippen LogP contribution in [0.4, 0.5) is 0 Å². The average Bonchev–Trinajstić information content (AvgIpc) is 3.05. The maximum atomic E-state index is 15.2. The molecule has 0 aromatic heterocycles. The molecule has 0 saturated carbocycles. The van der Waals surface area contributed by atoms with Crippen molar-refractivity contribution in [3.8, 4) is 22.3 Å². The zero-order valence-corrected chi connectivity index (χ0v) is 22.4. The molecule has 1 aliphatic rings. The highest BCUT2D eigenvalue weighted by atomic mass is 31.2. The summed E-state index contributed by atoms with van der Waals surface area (Å²) in [4.78, 5) is 27.5. The molecule has 0 bridgehead atoms. The summed E-state index contributed by atoms with van der Waals surface area (Å²) in [6.45, 7) is 7.03. The number of benzene rings is 4. The standard InChI is InChI=1S/C32H30NO3P/c1-31(2)29(34)33(30(35)32(31,3)4)37(36,27-19-15-25(16-20-27)23-11-7-5-8-12-23)28-21-17-26(18-22-28)24-13-9-6-10-14-24/h5-22H,1-4H3. The lowest BCUT2D eigenvalue weighted by atomic mass is 9.70. The highest BCUT2D eigenvalue weighted by Crippen LogP contribution is 2.59. The molecule has 1 fully saturated rings. The Kier molecular flexibility index (Phi) is 6.04. The first-order valence-electron chi connectivity index (χ1n) is 12.4. The van der Waals surface area contributed by atoms with Crippen LogP contribution in [0.1, 0.15) is 27.7 Å². The normalized spacial score (nSPS) is 16.7. The molecule has 1 heterocycles. The van der Waals surface area contributed by atoms with Crippen molar-refractivity contribution in [2.24, 2.45) is 10.8 Å². The Hall–Kier alpha value is -3.75. The topological polar surface area (TPSA) is 54.5 Å². The van der Waals surface area contributed by atoms with Gasteiger partial charge in [-0.15, -0.1) is 0 Å². The van der Waals surface area contributed by atoms with Crippen molar-refractivity contribution in [3.63, 3.8) is 0 Å². The van der Waals surface area contributed by atoms with Gasteiger partial charge in [0.25, 0.3) is 0 Å². The highest BCUT2D eigenvalue weighted by Gasteiger charge is 2.63. The monoisotopic (exact) mass is 507 g/mol. The third kappa shape index (κ3) is 3.88. The molecule has 1 aliphatic heterocycles. The molecule has 0 spiro atoms. The van der Waals surface area contributed by atoms with Crippen LogP contribution < -0.4 is 10.6 Å². The summed E-state index contributed by atoms with van der Waals surface area (Å²) >= 11 is 0. The van der Waals surface area contributed by atoms with Crippen LogP contribution in [-0.4, -0.2) is 16.5 Å². The first-order valence-corrected chi connectivity index (χ1v) is 14.1. The largest absolute Gasteiger partial charge is 0.289 e. The van der Waals surface area contributed by atoms with Crippen molar-refractivity contribution in [2.45, 2.75) is 27.7 Å². The lowest BCUT2D eigenvalue weighted by Gasteiger charge is -2.29. The van der Waals surface area contributed by atoms with Crippen LogP contribution in [0.2, 0.25) is 0 Å². The van der Waals surface area contributed by atoms with E-state index in [0.29, 0.717) is 10.6 Å². The van der Waals surface area contributed by atoms with E-state index in [9.17, 15) is 9.59 Å². The van der Waals surface area contributed by atoms with E-state index in [0.717, 1.165) is 26.9 Å². The Morgan fingerprint density at radius 2 is 0.784 bits per heavy atom. The van der Waals surface area contributed by atoms with Gasteiger partial charge in [0.1, 0.15) is 0 Å². The first-order chi connectivity index (χ1) is 17.6. The van der Waals surface area contributed by atoms with Gasteiger partial charge in [-0.2, -0.15) is 0 Å². The van der Waals surface area contributed by atoms with E-state index in [4.69, 9.17) is 0 Å². The molecule has 4 aromatic rings. The predicted molar refractivity (Wildman–Crippen MR) is 150 cm³/mol. The summed E-state index contributed by atoms with van der Waals surface area (Å²) in [7, 11) is -3.83. The molecule has 0 aliphatic carbocycles. The van der Waals surface area contributed by atoms with Crippen molar-refractivity contribution in [1.29, 1.82) is 0 Å². The Balaban J connectivity index is 1.66. The minimum atomic E-state index is -3.83. The summed E-state index contributed by atoms with van der Waals surface area (Å²) in [5, 5.41) is 0.907. The van der Waals surface area contributed by atoms with Crippen molar-refractivity contribution in [1.82, 2.24) is 4.67 Å². The Labute approximate surface area is 218 Å². The lowest BCUT2D eigenvalue weighted by Crippen LogP contribution is -2.38. The van der Waals surface area contributed by atoms with Gasteiger partial charge in [-0.1, -0.05) is 84.9 Å². The number of nitrogens with zero attached hydrogens (tertiary/aromatic N) is 1. The summed E-state index contributed by atoms with van der Waals surface area (Å²) in [5.41, 5.74) is 2.02. The van der Waals surface area contributed by atoms with Crippen LogP contribution in [0.5, 0.6) is 0 Å². The molecule has 0 unspecified atom stereocenters. The van der Waals surface area contributed by atoms with Gasteiger partial charge >= 0.3 is 0 Å². The molecule has 5 rings (SSSR count). The number of rotatable bonds is 5. The summed E-state index contributed by atoms with van der Waals surface area (Å²) in [5.74, 6) is -0.824. The summed E-state index contributed by atoms with van der Waals surface area (Å²) < 4.78 is 16.3. The van der Waals surface area contributed by atoms with E-state index in [1.807, 2.05) is 84.9 Å². The van der Waals surface area contributed by atoms with E-state index >= 15 is 4.57 Å². The lowest BCUT2D eigenvalue weighted by molar-refractivity contribution is -0.135. The highest BCUT2D eigenvalue weighted by molar-refractivity contribution is 7.77. The van der Waals surface area contributed by atoms with Crippen molar-refractivity contribution in [3.05, 3.63) is 109 Å². The van der Waals surface area contributed by atoms with Gasteiger partial charge in [0, 0.05) is 10.6 Å². The van der Waals surface area contributed by atoms with Crippen LogP contribution in [0.3, 0.4) is 0 Å². The van der Waals surface area contributed by atoms with Crippen molar-refractivity contribution >= 4 is 29.7 Å². The van der Waals surface area contributed by atoms with E-state index < -0.39 is 29.9 Å². The van der Waals surface area contributed by atoms with Gasteiger partial charge in [-0.05, 0) is 74.2 Å². The van der Waals surface area contributed by atoms with Crippen LogP contribution in [0.15, 0.2) is 109 Å². The average molecular weight is 508 g/mol. The molecule has 1 saturated heterocycles. The molecule has 4 aromatic carbocycles. The van der Waals surface area contributed by atoms with Crippen LogP contribution in [0.25, 0.3) is 22.3 Å². The van der Waals surface area contributed by atoms with Gasteiger partial charge < -0.3 is 0 Å². The molecule has 0 N–H and O–H groups in total. The van der Waals surface area contributed by atoms with E-state index in [2.05, 4.69) is 0 Å². The Morgan fingerprint density at radius 3 is 1.11 bits per heavy atom. The zero-order valence-electron chi connectivity index (χ0n) is 21.5. The van der Waals surface area contributed by atoms with Gasteiger partial charge in [0.05, 0.1) is 10.8 Å². The fourth-order valence-electron chi connectivity index (χ4n) is 4.77. The van der Waals surface area contributed by atoms with Gasteiger partial charge in [0.2, 0.25) is 19.1 Å². The second-order valence-corrected chi connectivity index (χ2v) is 13.2. The second kappa shape index (κ2) is 8.97. The zero-order chi connectivity index (χ0) is 26.4. The number of hydrogen-bond acceptors (Lipinski definition) is 3. The minimum Gasteiger partial charge on any atom is -0.289 e. The maximum absolute atomic E-state index is 15.2. The number of imide groups is 1. The fraction of sp³-hybridized carbons (Fsp3) is 0.188. The molecule has 0 atom stereocenters. The van der Waals surface area contributed by atoms with Crippen LogP contribution >= 0.6 is 7.29 Å². The minimum absolute atomic E-state index is 0.412. The number of hydrogen-bond donors (Lipinski definition) is 0. The smallest absolute Gasteiger partial charge is 0.242 e. The third-order valence-corrected chi connectivity index (χ3v) is 10.9. The summed E-state index contributed by atoms with van der Waals surface area (Å²) in [6, 6.07) is 34.6. The SMILES string of the molecule is CC1(C)C(=O)N(P(=O)(c2ccc(-c3ccccc3)cc2)c2ccc(-c3ccccc3)cc2)C(=O)C1(C)C. The summed E-state index contributed by atoms with van der Waals surface area (Å²) in [6.07, 6.45) is 0. The third-order valence-electron chi connectivity index (χ3n) is 7.95. The molecule has 4 nitrogen and oxygen atoms in total. The number of amides is 2. The van der Waals surface area contributed by atoms with Crippen LogP contribution in [0, 0.1) is 10.8 Å². The first kappa shape index (κ1) is 24.9.